The minimum Gasteiger partial charge on any atom is -0.294 e. The Morgan fingerprint density at radius 2 is 2.06 bits per heavy atom. The maximum absolute atomic E-state index is 12.0. The van der Waals surface area contributed by atoms with Crippen molar-refractivity contribution in [3.8, 4) is 0 Å². The van der Waals surface area contributed by atoms with Gasteiger partial charge in [-0.25, -0.2) is 0 Å². The Balaban J connectivity index is 1.95. The molecule has 1 fully saturated rings. The van der Waals surface area contributed by atoms with Crippen molar-refractivity contribution in [2.24, 2.45) is 11.8 Å². The van der Waals surface area contributed by atoms with Gasteiger partial charge in [-0.15, -0.1) is 0 Å². The summed E-state index contributed by atoms with van der Waals surface area (Å²) in [4.78, 5) is 12.0. The molecule has 0 unspecified atom stereocenters. The van der Waals surface area contributed by atoms with E-state index in [2.05, 4.69) is 0 Å². The Hall–Kier alpha value is -0.910. The van der Waals surface area contributed by atoms with Crippen LogP contribution in [0, 0.1) is 11.8 Å². The second-order valence-corrected chi connectivity index (χ2v) is 6.59. The summed E-state index contributed by atoms with van der Waals surface area (Å²) >= 11 is 5.81. The third-order valence-electron chi connectivity index (χ3n) is 3.16. The van der Waals surface area contributed by atoms with Crippen LogP contribution < -0.4 is 0 Å². The molecule has 0 amide bonds. The first kappa shape index (κ1) is 13.5. The smallest absolute Gasteiger partial charge is 0.265 e. The van der Waals surface area contributed by atoms with Gasteiger partial charge in [-0.2, -0.15) is 8.42 Å². The van der Waals surface area contributed by atoms with Gasteiger partial charge in [0.1, 0.15) is 0 Å². The number of carbonyl (C=O) groups is 1. The summed E-state index contributed by atoms with van der Waals surface area (Å²) in [5.74, 6) is -0.542. The molecule has 0 bridgehead atoms. The lowest BCUT2D eigenvalue weighted by atomic mass is 9.72. The fourth-order valence-electron chi connectivity index (χ4n) is 2.26. The van der Waals surface area contributed by atoms with Gasteiger partial charge in [0.15, 0.2) is 5.78 Å². The van der Waals surface area contributed by atoms with Crippen molar-refractivity contribution < 1.29 is 17.8 Å². The SMILES string of the molecule is O=C(c1cccc(Cl)c1)C1CC(CS(=O)(=O)O)C1. The van der Waals surface area contributed by atoms with Crippen molar-refractivity contribution in [3.63, 3.8) is 0 Å². The summed E-state index contributed by atoms with van der Waals surface area (Å²) in [6, 6.07) is 6.72. The first-order valence-corrected chi connectivity index (χ1v) is 7.59. The van der Waals surface area contributed by atoms with E-state index in [4.69, 9.17) is 16.2 Å². The lowest BCUT2D eigenvalue weighted by molar-refractivity contribution is 0.0792. The highest BCUT2D eigenvalue weighted by Gasteiger charge is 2.36. The summed E-state index contributed by atoms with van der Waals surface area (Å²) in [5.41, 5.74) is 0.554. The van der Waals surface area contributed by atoms with E-state index in [1.54, 1.807) is 24.3 Å². The van der Waals surface area contributed by atoms with Gasteiger partial charge >= 0.3 is 0 Å². The quantitative estimate of drug-likeness (QED) is 0.682. The van der Waals surface area contributed by atoms with Crippen LogP contribution in [0.25, 0.3) is 0 Å². The summed E-state index contributed by atoms with van der Waals surface area (Å²) < 4.78 is 30.1. The second kappa shape index (κ2) is 4.99. The molecule has 1 aliphatic rings. The van der Waals surface area contributed by atoms with Gasteiger partial charge in [-0.05, 0) is 30.9 Å². The number of hydrogen-bond donors (Lipinski definition) is 1. The van der Waals surface area contributed by atoms with Crippen LogP contribution in [0.5, 0.6) is 0 Å². The molecule has 0 saturated heterocycles. The van der Waals surface area contributed by atoms with Crippen LogP contribution in [0.3, 0.4) is 0 Å². The molecular weight excluding hydrogens is 276 g/mol. The van der Waals surface area contributed by atoms with Crippen LogP contribution in [-0.4, -0.2) is 24.5 Å². The maximum Gasteiger partial charge on any atom is 0.265 e. The van der Waals surface area contributed by atoms with Crippen LogP contribution >= 0.6 is 11.6 Å². The number of benzene rings is 1. The average molecular weight is 289 g/mol. The van der Waals surface area contributed by atoms with Gasteiger partial charge < -0.3 is 0 Å². The van der Waals surface area contributed by atoms with Crippen LogP contribution in [0.15, 0.2) is 24.3 Å². The Labute approximate surface area is 111 Å². The summed E-state index contributed by atoms with van der Waals surface area (Å²) in [7, 11) is -3.94. The third kappa shape index (κ3) is 3.31. The monoisotopic (exact) mass is 288 g/mol. The topological polar surface area (TPSA) is 71.4 Å². The predicted molar refractivity (Wildman–Crippen MR) is 68.4 cm³/mol. The molecule has 0 spiro atoms. The number of halogens is 1. The zero-order valence-electron chi connectivity index (χ0n) is 9.54. The molecule has 1 aromatic carbocycles. The van der Waals surface area contributed by atoms with Crippen LogP contribution in [-0.2, 0) is 10.1 Å². The van der Waals surface area contributed by atoms with E-state index in [1.807, 2.05) is 0 Å². The molecule has 0 aliphatic heterocycles. The van der Waals surface area contributed by atoms with Gasteiger partial charge in [0.25, 0.3) is 10.1 Å². The molecule has 98 valence electrons. The molecule has 0 atom stereocenters. The van der Waals surface area contributed by atoms with Crippen LogP contribution in [0.1, 0.15) is 23.2 Å². The zero-order chi connectivity index (χ0) is 13.3. The van der Waals surface area contributed by atoms with Gasteiger partial charge in [-0.1, -0.05) is 23.7 Å². The standard InChI is InChI=1S/C12H13ClO4S/c13-11-3-1-2-9(6-11)12(14)10-4-8(5-10)7-18(15,16)17/h1-3,6,8,10H,4-5,7H2,(H,15,16,17). The highest BCUT2D eigenvalue weighted by atomic mass is 35.5. The lowest BCUT2D eigenvalue weighted by Gasteiger charge is -2.33. The molecule has 0 aromatic heterocycles. The molecule has 2 rings (SSSR count). The largest absolute Gasteiger partial charge is 0.294 e. The lowest BCUT2D eigenvalue weighted by Crippen LogP contribution is -2.34. The van der Waals surface area contributed by atoms with E-state index in [0.717, 1.165) is 0 Å². The average Bonchev–Trinajstić information content (AvgIpc) is 2.20. The second-order valence-electron chi connectivity index (χ2n) is 4.66. The fourth-order valence-corrected chi connectivity index (χ4v) is 3.32. The van der Waals surface area contributed by atoms with Crippen molar-refractivity contribution in [1.82, 2.24) is 0 Å². The van der Waals surface area contributed by atoms with Gasteiger partial charge in [0.2, 0.25) is 0 Å². The first-order valence-electron chi connectivity index (χ1n) is 5.60. The summed E-state index contributed by atoms with van der Waals surface area (Å²) in [5, 5.41) is 0.509. The van der Waals surface area contributed by atoms with E-state index >= 15 is 0 Å². The van der Waals surface area contributed by atoms with E-state index < -0.39 is 10.1 Å². The highest BCUT2D eigenvalue weighted by Crippen LogP contribution is 2.37. The number of carbonyl (C=O) groups excluding carboxylic acids is 1. The molecule has 1 N–H and O–H groups in total. The number of Topliss-reactive ketones (excluding diaryl/α,β-unsaturated/α-hetero) is 1. The Morgan fingerprint density at radius 3 is 2.61 bits per heavy atom. The normalized spacial score (nSPS) is 23.4. The molecular formula is C12H13ClO4S. The summed E-state index contributed by atoms with van der Waals surface area (Å²) in [6.07, 6.45) is 1.01. The van der Waals surface area contributed by atoms with E-state index in [-0.39, 0.29) is 23.4 Å². The maximum atomic E-state index is 12.0. The fraction of sp³-hybridized carbons (Fsp3) is 0.417. The predicted octanol–water partition coefficient (Wildman–Crippen LogP) is 2.44. The molecule has 1 aromatic rings. The van der Waals surface area contributed by atoms with Crippen molar-refractivity contribution >= 4 is 27.5 Å². The van der Waals surface area contributed by atoms with E-state index in [0.29, 0.717) is 23.4 Å². The zero-order valence-corrected chi connectivity index (χ0v) is 11.1. The van der Waals surface area contributed by atoms with Gasteiger partial charge in [0, 0.05) is 16.5 Å². The molecule has 0 heterocycles. The molecule has 18 heavy (non-hydrogen) atoms. The number of rotatable bonds is 4. The highest BCUT2D eigenvalue weighted by molar-refractivity contribution is 7.85. The molecule has 1 aliphatic carbocycles. The van der Waals surface area contributed by atoms with Crippen molar-refractivity contribution in [1.29, 1.82) is 0 Å². The summed E-state index contributed by atoms with van der Waals surface area (Å²) in [6.45, 7) is 0. The minimum atomic E-state index is -3.94. The van der Waals surface area contributed by atoms with Gasteiger partial charge in [-0.3, -0.25) is 9.35 Å². The number of hydrogen-bond acceptors (Lipinski definition) is 3. The van der Waals surface area contributed by atoms with E-state index in [9.17, 15) is 13.2 Å². The van der Waals surface area contributed by atoms with E-state index in [1.165, 1.54) is 0 Å². The molecule has 1 saturated carbocycles. The minimum absolute atomic E-state index is 0.0101. The van der Waals surface area contributed by atoms with Crippen molar-refractivity contribution in [3.05, 3.63) is 34.9 Å². The Morgan fingerprint density at radius 1 is 1.39 bits per heavy atom. The van der Waals surface area contributed by atoms with Gasteiger partial charge in [0.05, 0.1) is 5.75 Å². The molecule has 6 heteroatoms. The van der Waals surface area contributed by atoms with Crippen LogP contribution in [0.4, 0.5) is 0 Å². The molecule has 4 nitrogen and oxygen atoms in total. The number of ketones is 1. The first-order chi connectivity index (χ1) is 8.35. The van der Waals surface area contributed by atoms with Crippen molar-refractivity contribution in [2.45, 2.75) is 12.8 Å². The third-order valence-corrected chi connectivity index (χ3v) is 4.29. The van der Waals surface area contributed by atoms with Crippen molar-refractivity contribution in [2.75, 3.05) is 5.75 Å². The Kier molecular flexibility index (Phi) is 3.75. The Bertz CT molecular complexity index is 561. The van der Waals surface area contributed by atoms with Crippen LogP contribution in [0.2, 0.25) is 5.02 Å². The molecule has 0 radical (unpaired) electrons.